The molecular weight excluding hydrogens is 370 g/mol. The lowest BCUT2D eigenvalue weighted by Crippen LogP contribution is -2.18. The van der Waals surface area contributed by atoms with Crippen molar-refractivity contribution >= 4 is 39.5 Å². The van der Waals surface area contributed by atoms with Gasteiger partial charge in [-0.25, -0.2) is 9.78 Å². The molecule has 0 bridgehead atoms. The molecule has 0 aliphatic carbocycles. The van der Waals surface area contributed by atoms with Gasteiger partial charge in [-0.3, -0.25) is 0 Å². The third kappa shape index (κ3) is 2.88. The van der Waals surface area contributed by atoms with Gasteiger partial charge in [-0.2, -0.15) is 11.8 Å². The number of benzene rings is 2. The largest absolute Gasteiger partial charge is 0.478 e. The van der Waals surface area contributed by atoms with Crippen LogP contribution in [0.25, 0.3) is 21.8 Å². The normalized spacial score (nSPS) is 20.0. The second-order valence-corrected chi connectivity index (χ2v) is 8.67. The second kappa shape index (κ2) is 6.71. The summed E-state index contributed by atoms with van der Waals surface area (Å²) in [5.74, 6) is 1.28. The maximum absolute atomic E-state index is 11.2. The van der Waals surface area contributed by atoms with Crippen LogP contribution in [0.4, 0.5) is 0 Å². The van der Waals surface area contributed by atoms with E-state index in [9.17, 15) is 9.90 Å². The molecule has 28 heavy (non-hydrogen) atoms. The Bertz CT molecular complexity index is 1190. The molecule has 1 aliphatic heterocycles. The molecular formula is C22H21N3O2S. The minimum atomic E-state index is -0.900. The zero-order valence-corrected chi connectivity index (χ0v) is 16.4. The third-order valence-electron chi connectivity index (χ3n) is 5.75. The van der Waals surface area contributed by atoms with E-state index < -0.39 is 5.97 Å². The van der Waals surface area contributed by atoms with Crippen molar-refractivity contribution < 1.29 is 9.90 Å². The van der Waals surface area contributed by atoms with Crippen LogP contribution >= 0.6 is 11.8 Å². The van der Waals surface area contributed by atoms with Gasteiger partial charge in [0.2, 0.25) is 0 Å². The van der Waals surface area contributed by atoms with Crippen LogP contribution in [0.15, 0.2) is 48.8 Å². The first-order valence-corrected chi connectivity index (χ1v) is 10.5. The number of fused-ring (bicyclic) bond motifs is 3. The molecule has 0 amide bonds. The van der Waals surface area contributed by atoms with Gasteiger partial charge in [0.15, 0.2) is 0 Å². The molecule has 2 atom stereocenters. The Balaban J connectivity index is 1.41. The number of aromatic carboxylic acids is 1. The summed E-state index contributed by atoms with van der Waals surface area (Å²) in [6, 6.07) is 12.4. The highest BCUT2D eigenvalue weighted by Gasteiger charge is 2.25. The van der Waals surface area contributed by atoms with Crippen molar-refractivity contribution in [3.63, 3.8) is 0 Å². The summed E-state index contributed by atoms with van der Waals surface area (Å²) in [7, 11) is 0. The van der Waals surface area contributed by atoms with Gasteiger partial charge in [-0.05, 0) is 43.5 Å². The van der Waals surface area contributed by atoms with Gasteiger partial charge in [0, 0.05) is 51.2 Å². The monoisotopic (exact) mass is 391 g/mol. The number of hydrogen-bond donors (Lipinski definition) is 2. The van der Waals surface area contributed by atoms with Crippen molar-refractivity contribution in [1.82, 2.24) is 14.5 Å². The molecule has 0 radical (unpaired) electrons. The Morgan fingerprint density at radius 3 is 2.64 bits per heavy atom. The highest BCUT2D eigenvalue weighted by molar-refractivity contribution is 7.99. The predicted octanol–water partition coefficient (Wildman–Crippen LogP) is 5.33. The summed E-state index contributed by atoms with van der Waals surface area (Å²) in [5, 5.41) is 11.9. The Morgan fingerprint density at radius 1 is 1.18 bits per heavy atom. The fourth-order valence-corrected chi connectivity index (χ4v) is 5.68. The average Bonchev–Trinajstić information content (AvgIpc) is 3.30. The van der Waals surface area contributed by atoms with Crippen LogP contribution < -0.4 is 0 Å². The van der Waals surface area contributed by atoms with Crippen LogP contribution in [0.2, 0.25) is 0 Å². The average molecular weight is 391 g/mol. The van der Waals surface area contributed by atoms with E-state index in [1.165, 1.54) is 5.56 Å². The molecule has 1 fully saturated rings. The SMILES string of the molecule is Cc1nccn1C1CCC(c2ccc3c(c2)[nH]c2cc(C(=O)O)ccc23)SC1. The summed E-state index contributed by atoms with van der Waals surface area (Å²) in [6.45, 7) is 2.07. The Kier molecular flexibility index (Phi) is 4.16. The quantitative estimate of drug-likeness (QED) is 0.495. The number of rotatable bonds is 3. The number of nitrogens with zero attached hydrogens (tertiary/aromatic N) is 2. The number of aromatic amines is 1. The maximum Gasteiger partial charge on any atom is 0.335 e. The first kappa shape index (κ1) is 17.4. The number of imidazole rings is 1. The maximum atomic E-state index is 11.2. The number of hydrogen-bond acceptors (Lipinski definition) is 3. The summed E-state index contributed by atoms with van der Waals surface area (Å²) in [6.07, 6.45) is 6.26. The van der Waals surface area contributed by atoms with E-state index in [0.29, 0.717) is 16.9 Å². The van der Waals surface area contributed by atoms with Crippen LogP contribution in [0.1, 0.15) is 45.9 Å². The number of carboxylic acid groups (broad SMARTS) is 1. The van der Waals surface area contributed by atoms with Gasteiger partial charge < -0.3 is 14.7 Å². The number of carboxylic acids is 1. The molecule has 2 N–H and O–H groups in total. The van der Waals surface area contributed by atoms with E-state index in [1.54, 1.807) is 12.1 Å². The summed E-state index contributed by atoms with van der Waals surface area (Å²) < 4.78 is 2.30. The highest BCUT2D eigenvalue weighted by Crippen LogP contribution is 2.43. The first-order valence-electron chi connectivity index (χ1n) is 9.50. The van der Waals surface area contributed by atoms with Gasteiger partial charge in [0.25, 0.3) is 0 Å². The standard InChI is InChI=1S/C22H21N3O2S/c1-13-23-8-9-25(13)16-4-7-21(28-12-16)14-2-5-17-18-6-3-15(22(26)27)11-20(18)24-19(17)10-14/h2-3,5-6,8-11,16,21,24H,4,7,12H2,1H3,(H,26,27). The van der Waals surface area contributed by atoms with Crippen molar-refractivity contribution in [2.45, 2.75) is 31.1 Å². The molecule has 0 spiro atoms. The molecule has 142 valence electrons. The van der Waals surface area contributed by atoms with E-state index in [2.05, 4.69) is 45.9 Å². The fraction of sp³-hybridized carbons (Fsp3) is 0.273. The van der Waals surface area contributed by atoms with Crippen molar-refractivity contribution in [2.24, 2.45) is 0 Å². The second-order valence-electron chi connectivity index (χ2n) is 7.43. The van der Waals surface area contributed by atoms with Gasteiger partial charge in [-0.15, -0.1) is 0 Å². The molecule has 5 nitrogen and oxygen atoms in total. The molecule has 1 aliphatic rings. The number of aromatic nitrogens is 3. The van der Waals surface area contributed by atoms with Gasteiger partial charge in [0.05, 0.1) is 5.56 Å². The predicted molar refractivity (Wildman–Crippen MR) is 113 cm³/mol. The Hall–Kier alpha value is -2.73. The topological polar surface area (TPSA) is 70.9 Å². The van der Waals surface area contributed by atoms with Crippen molar-refractivity contribution in [3.8, 4) is 0 Å². The summed E-state index contributed by atoms with van der Waals surface area (Å²) >= 11 is 2.01. The molecule has 3 heterocycles. The molecule has 1 saturated heterocycles. The molecule has 4 aromatic rings. The summed E-state index contributed by atoms with van der Waals surface area (Å²) in [4.78, 5) is 19.0. The zero-order chi connectivity index (χ0) is 19.3. The lowest BCUT2D eigenvalue weighted by molar-refractivity contribution is 0.0697. The number of nitrogens with one attached hydrogen (secondary N) is 1. The van der Waals surface area contributed by atoms with Gasteiger partial charge in [0.1, 0.15) is 5.82 Å². The molecule has 2 unspecified atom stereocenters. The molecule has 2 aromatic carbocycles. The fourth-order valence-electron chi connectivity index (χ4n) is 4.25. The van der Waals surface area contributed by atoms with E-state index in [0.717, 1.165) is 46.2 Å². The lowest BCUT2D eigenvalue weighted by atomic mass is 10.0. The number of carbonyl (C=O) groups is 1. The molecule has 0 saturated carbocycles. The Labute approximate surface area is 166 Å². The minimum absolute atomic E-state index is 0.308. The lowest BCUT2D eigenvalue weighted by Gasteiger charge is -2.30. The number of aryl methyl sites for hydroxylation is 1. The van der Waals surface area contributed by atoms with Gasteiger partial charge in [-0.1, -0.05) is 18.2 Å². The van der Waals surface area contributed by atoms with E-state index >= 15 is 0 Å². The minimum Gasteiger partial charge on any atom is -0.478 e. The molecule has 2 aromatic heterocycles. The molecule has 5 rings (SSSR count). The van der Waals surface area contributed by atoms with Crippen LogP contribution in [-0.4, -0.2) is 31.4 Å². The zero-order valence-electron chi connectivity index (χ0n) is 15.6. The van der Waals surface area contributed by atoms with E-state index in [-0.39, 0.29) is 0 Å². The smallest absolute Gasteiger partial charge is 0.335 e. The highest BCUT2D eigenvalue weighted by atomic mass is 32.2. The van der Waals surface area contributed by atoms with Crippen molar-refractivity contribution in [1.29, 1.82) is 0 Å². The number of H-pyrrole nitrogens is 1. The van der Waals surface area contributed by atoms with Crippen molar-refractivity contribution in [2.75, 3.05) is 5.75 Å². The third-order valence-corrected chi connectivity index (χ3v) is 7.24. The van der Waals surface area contributed by atoms with Crippen LogP contribution in [0.5, 0.6) is 0 Å². The Morgan fingerprint density at radius 2 is 1.96 bits per heavy atom. The number of thioether (sulfide) groups is 1. The first-order chi connectivity index (χ1) is 13.6. The van der Waals surface area contributed by atoms with Crippen molar-refractivity contribution in [3.05, 3.63) is 65.7 Å². The van der Waals surface area contributed by atoms with Crippen LogP contribution in [-0.2, 0) is 0 Å². The molecule has 6 heteroatoms. The summed E-state index contributed by atoms with van der Waals surface area (Å²) in [5.41, 5.74) is 3.59. The van der Waals surface area contributed by atoms with Crippen LogP contribution in [0.3, 0.4) is 0 Å². The van der Waals surface area contributed by atoms with Gasteiger partial charge >= 0.3 is 5.97 Å². The van der Waals surface area contributed by atoms with E-state index in [1.807, 2.05) is 24.0 Å². The van der Waals surface area contributed by atoms with E-state index in [4.69, 9.17) is 0 Å². The van der Waals surface area contributed by atoms with Crippen LogP contribution in [0, 0.1) is 6.92 Å².